The van der Waals surface area contributed by atoms with Crippen molar-refractivity contribution >= 4 is 16.0 Å². The Morgan fingerprint density at radius 2 is 2.12 bits per heavy atom. The molecule has 2 N–H and O–H groups in total. The summed E-state index contributed by atoms with van der Waals surface area (Å²) in [6, 6.07) is 6.44. The van der Waals surface area contributed by atoms with Gasteiger partial charge in [-0.1, -0.05) is 23.8 Å². The van der Waals surface area contributed by atoms with Crippen molar-refractivity contribution in [2.75, 3.05) is 46.1 Å². The van der Waals surface area contributed by atoms with Gasteiger partial charge in [-0.25, -0.2) is 13.1 Å². The zero-order chi connectivity index (χ0) is 19.2. The molecule has 0 aliphatic carbocycles. The van der Waals surface area contributed by atoms with Gasteiger partial charge in [-0.05, 0) is 31.4 Å². The smallest absolute Gasteiger partial charge is 0.208 e. The Balaban J connectivity index is 1.90. The van der Waals surface area contributed by atoms with Crippen LogP contribution >= 0.6 is 0 Å². The molecule has 146 valence electrons. The lowest BCUT2D eigenvalue weighted by Crippen LogP contribution is -2.48. The Kier molecular flexibility index (Phi) is 7.43. The van der Waals surface area contributed by atoms with Crippen molar-refractivity contribution in [3.63, 3.8) is 0 Å². The molecule has 0 radical (unpaired) electrons. The highest BCUT2D eigenvalue weighted by Gasteiger charge is 2.25. The summed E-state index contributed by atoms with van der Waals surface area (Å²) in [7, 11) is -1.37. The summed E-state index contributed by atoms with van der Waals surface area (Å²) in [5.41, 5.74) is 3.71. The minimum atomic E-state index is -3.13. The van der Waals surface area contributed by atoms with E-state index in [1.807, 2.05) is 0 Å². The lowest BCUT2D eigenvalue weighted by Gasteiger charge is -2.35. The van der Waals surface area contributed by atoms with Gasteiger partial charge in [0, 0.05) is 26.7 Å². The Morgan fingerprint density at radius 1 is 1.35 bits per heavy atom. The number of rotatable bonds is 6. The fraction of sp³-hybridized carbons (Fsp3) is 0.611. The number of benzene rings is 1. The van der Waals surface area contributed by atoms with E-state index >= 15 is 0 Å². The quantitative estimate of drug-likeness (QED) is 0.439. The average molecular weight is 383 g/mol. The molecule has 0 aromatic heterocycles. The lowest BCUT2D eigenvalue weighted by molar-refractivity contribution is -0.00830. The highest BCUT2D eigenvalue weighted by atomic mass is 32.2. The second kappa shape index (κ2) is 9.34. The van der Waals surface area contributed by atoms with E-state index in [1.54, 1.807) is 7.05 Å². The van der Waals surface area contributed by atoms with E-state index in [1.165, 1.54) is 22.9 Å². The number of hydrogen-bond acceptors (Lipinski definition) is 4. The molecule has 1 saturated heterocycles. The molecule has 0 saturated carbocycles. The molecule has 7 nitrogen and oxygen atoms in total. The number of nitrogens with one attached hydrogen (secondary N) is 2. The number of nitrogens with zero attached hydrogens (tertiary/aromatic N) is 2. The molecule has 1 atom stereocenters. The molecule has 0 bridgehead atoms. The zero-order valence-corrected chi connectivity index (χ0v) is 16.9. The van der Waals surface area contributed by atoms with Gasteiger partial charge in [0.15, 0.2) is 5.96 Å². The molecule has 1 aliphatic heterocycles. The van der Waals surface area contributed by atoms with Gasteiger partial charge in [-0.3, -0.25) is 4.99 Å². The molecule has 1 heterocycles. The van der Waals surface area contributed by atoms with Gasteiger partial charge in [0.1, 0.15) is 6.10 Å². The Hall–Kier alpha value is -1.64. The maximum absolute atomic E-state index is 11.1. The second-order valence-electron chi connectivity index (χ2n) is 6.66. The molecule has 1 aromatic carbocycles. The molecule has 26 heavy (non-hydrogen) atoms. The third-order valence-electron chi connectivity index (χ3n) is 4.35. The largest absolute Gasteiger partial charge is 0.370 e. The van der Waals surface area contributed by atoms with E-state index in [0.29, 0.717) is 26.1 Å². The van der Waals surface area contributed by atoms with E-state index in [2.05, 4.69) is 52.0 Å². The number of aliphatic imine (C=N–C) groups is 1. The van der Waals surface area contributed by atoms with Crippen molar-refractivity contribution < 1.29 is 13.2 Å². The predicted octanol–water partition coefficient (Wildman–Crippen LogP) is 1.19. The van der Waals surface area contributed by atoms with Crippen molar-refractivity contribution in [2.45, 2.75) is 26.4 Å². The summed E-state index contributed by atoms with van der Waals surface area (Å²) in [5, 5.41) is 3.31. The Morgan fingerprint density at radius 3 is 2.77 bits per heavy atom. The van der Waals surface area contributed by atoms with Gasteiger partial charge >= 0.3 is 0 Å². The third-order valence-corrected chi connectivity index (χ3v) is 5.08. The Labute approximate surface area is 156 Å². The van der Waals surface area contributed by atoms with Crippen LogP contribution < -0.4 is 10.0 Å². The lowest BCUT2D eigenvalue weighted by atomic mass is 10.00. The average Bonchev–Trinajstić information content (AvgIpc) is 2.57. The topological polar surface area (TPSA) is 83.0 Å². The summed E-state index contributed by atoms with van der Waals surface area (Å²) in [6.45, 7) is 7.45. The van der Waals surface area contributed by atoms with Crippen LogP contribution in [0.25, 0.3) is 0 Å². The van der Waals surface area contributed by atoms with Crippen LogP contribution in [0.15, 0.2) is 23.2 Å². The number of hydrogen-bond donors (Lipinski definition) is 2. The summed E-state index contributed by atoms with van der Waals surface area (Å²) >= 11 is 0. The molecule has 2 rings (SSSR count). The molecular formula is C18H30N4O3S. The van der Waals surface area contributed by atoms with E-state index in [9.17, 15) is 8.42 Å². The molecule has 1 unspecified atom stereocenters. The maximum atomic E-state index is 11.1. The maximum Gasteiger partial charge on any atom is 0.208 e. The fourth-order valence-electron chi connectivity index (χ4n) is 3.10. The molecule has 1 aliphatic rings. The molecular weight excluding hydrogens is 352 g/mol. The third kappa shape index (κ3) is 6.26. The van der Waals surface area contributed by atoms with Gasteiger partial charge in [0.05, 0.1) is 19.4 Å². The number of sulfonamides is 1. The SMILES string of the molecule is CN=C(NCCCNS(C)(=O)=O)N1CCOC(c2ccc(C)cc2C)C1. The van der Waals surface area contributed by atoms with E-state index in [-0.39, 0.29) is 6.10 Å². The van der Waals surface area contributed by atoms with Crippen LogP contribution in [-0.2, 0) is 14.8 Å². The standard InChI is InChI=1S/C18H30N4O3S/c1-14-6-7-16(15(2)12-14)17-13-22(10-11-25-17)18(19-3)20-8-5-9-21-26(4,23)24/h6-7,12,17,21H,5,8-11,13H2,1-4H3,(H,19,20). The summed E-state index contributed by atoms with van der Waals surface area (Å²) in [5.74, 6) is 0.822. The number of guanidine groups is 1. The van der Waals surface area contributed by atoms with Crippen LogP contribution in [0, 0.1) is 13.8 Å². The van der Waals surface area contributed by atoms with Crippen molar-refractivity contribution in [1.29, 1.82) is 0 Å². The molecule has 0 spiro atoms. The number of ether oxygens (including phenoxy) is 1. The van der Waals surface area contributed by atoms with E-state index in [4.69, 9.17) is 4.74 Å². The fourth-order valence-corrected chi connectivity index (χ4v) is 3.61. The zero-order valence-electron chi connectivity index (χ0n) is 16.1. The first-order valence-corrected chi connectivity index (χ1v) is 10.8. The number of aryl methyl sites for hydroxylation is 2. The molecule has 8 heteroatoms. The first-order chi connectivity index (χ1) is 12.3. The van der Waals surface area contributed by atoms with Crippen LogP contribution in [0.2, 0.25) is 0 Å². The summed E-state index contributed by atoms with van der Waals surface area (Å²) < 4.78 is 30.6. The first-order valence-electron chi connectivity index (χ1n) is 8.89. The van der Waals surface area contributed by atoms with Crippen LogP contribution in [0.1, 0.15) is 29.2 Å². The van der Waals surface area contributed by atoms with Gasteiger partial charge in [0.25, 0.3) is 0 Å². The van der Waals surface area contributed by atoms with Crippen LogP contribution in [0.3, 0.4) is 0 Å². The van der Waals surface area contributed by atoms with Crippen LogP contribution in [0.5, 0.6) is 0 Å². The van der Waals surface area contributed by atoms with Crippen molar-refractivity contribution in [2.24, 2.45) is 4.99 Å². The van der Waals surface area contributed by atoms with E-state index < -0.39 is 10.0 Å². The van der Waals surface area contributed by atoms with Gasteiger partial charge in [-0.2, -0.15) is 0 Å². The van der Waals surface area contributed by atoms with Gasteiger partial charge in [0.2, 0.25) is 10.0 Å². The molecule has 1 aromatic rings. The molecule has 1 fully saturated rings. The van der Waals surface area contributed by atoms with Crippen molar-refractivity contribution in [3.05, 3.63) is 34.9 Å². The minimum absolute atomic E-state index is 0.0230. The monoisotopic (exact) mass is 382 g/mol. The summed E-state index contributed by atoms with van der Waals surface area (Å²) in [4.78, 5) is 6.55. The number of morpholine rings is 1. The van der Waals surface area contributed by atoms with Crippen molar-refractivity contribution in [1.82, 2.24) is 14.9 Å². The van der Waals surface area contributed by atoms with Gasteiger partial charge in [-0.15, -0.1) is 0 Å². The van der Waals surface area contributed by atoms with Crippen LogP contribution in [0.4, 0.5) is 0 Å². The highest BCUT2D eigenvalue weighted by molar-refractivity contribution is 7.88. The van der Waals surface area contributed by atoms with E-state index in [0.717, 1.165) is 19.0 Å². The second-order valence-corrected chi connectivity index (χ2v) is 8.49. The normalized spacial score (nSPS) is 18.8. The Bertz CT molecular complexity index is 734. The van der Waals surface area contributed by atoms with Gasteiger partial charge < -0.3 is 15.0 Å². The van der Waals surface area contributed by atoms with Crippen molar-refractivity contribution in [3.8, 4) is 0 Å². The summed E-state index contributed by atoms with van der Waals surface area (Å²) in [6.07, 6.45) is 1.88. The first kappa shape index (κ1) is 20.7. The van der Waals surface area contributed by atoms with Crippen LogP contribution in [-0.4, -0.2) is 65.4 Å². The molecule has 0 amide bonds. The minimum Gasteiger partial charge on any atom is -0.370 e. The predicted molar refractivity (Wildman–Crippen MR) is 105 cm³/mol. The highest BCUT2D eigenvalue weighted by Crippen LogP contribution is 2.25.